The number of H-pyrrole nitrogens is 1. The summed E-state index contributed by atoms with van der Waals surface area (Å²) in [7, 11) is 0. The number of aliphatic imine (C=N–C) groups is 2. The molecule has 2 N–H and O–H groups in total. The Labute approximate surface area is 126 Å². The second-order valence-corrected chi connectivity index (χ2v) is 4.88. The molecular weight excluding hydrogens is 274 g/mol. The van der Waals surface area contributed by atoms with Crippen molar-refractivity contribution in [3.63, 3.8) is 0 Å². The van der Waals surface area contributed by atoms with Crippen molar-refractivity contribution in [2.45, 2.75) is 0 Å². The van der Waals surface area contributed by atoms with Gasteiger partial charge in [0.15, 0.2) is 0 Å². The summed E-state index contributed by atoms with van der Waals surface area (Å²) in [6.07, 6.45) is 1.52. The topological polar surface area (TPSA) is 64.9 Å². The van der Waals surface area contributed by atoms with E-state index < -0.39 is 0 Å². The fourth-order valence-electron chi connectivity index (χ4n) is 2.31. The number of hydrogen-bond donors (Lipinski definition) is 2. The fourth-order valence-corrected chi connectivity index (χ4v) is 2.31. The van der Waals surface area contributed by atoms with Crippen LogP contribution in [0.5, 0.6) is 0 Å². The minimum Gasteiger partial charge on any atom is -0.341 e. The number of nitrogens with zero attached hydrogens (tertiary/aromatic N) is 3. The summed E-state index contributed by atoms with van der Waals surface area (Å²) >= 11 is 0. The van der Waals surface area contributed by atoms with E-state index in [9.17, 15) is 0 Å². The van der Waals surface area contributed by atoms with Crippen LogP contribution >= 0.6 is 0 Å². The number of para-hydroxylation sites is 1. The number of aromatic amines is 1. The zero-order valence-corrected chi connectivity index (χ0v) is 11.7. The van der Waals surface area contributed by atoms with Gasteiger partial charge in [0.25, 0.3) is 0 Å². The van der Waals surface area contributed by atoms with Gasteiger partial charge in [-0.3, -0.25) is 0 Å². The molecule has 5 nitrogen and oxygen atoms in total. The first-order chi connectivity index (χ1) is 10.9. The van der Waals surface area contributed by atoms with Crippen LogP contribution < -0.4 is 10.7 Å². The van der Waals surface area contributed by atoms with E-state index in [2.05, 4.69) is 20.3 Å². The van der Waals surface area contributed by atoms with Gasteiger partial charge in [-0.2, -0.15) is 0 Å². The second kappa shape index (κ2) is 5.29. The van der Waals surface area contributed by atoms with E-state index in [4.69, 9.17) is 4.99 Å². The Bertz CT molecular complexity index is 951. The summed E-state index contributed by atoms with van der Waals surface area (Å²) in [6, 6.07) is 20.0. The van der Waals surface area contributed by atoms with Crippen molar-refractivity contribution < 1.29 is 0 Å². The third-order valence-electron chi connectivity index (χ3n) is 3.36. The zero-order valence-electron chi connectivity index (χ0n) is 11.7. The van der Waals surface area contributed by atoms with Crippen molar-refractivity contribution in [1.29, 1.82) is 0 Å². The van der Waals surface area contributed by atoms with Crippen LogP contribution in [-0.4, -0.2) is 17.3 Å². The largest absolute Gasteiger partial charge is 0.341 e. The number of aromatic nitrogens is 1. The van der Waals surface area contributed by atoms with Gasteiger partial charge >= 0.3 is 0 Å². The number of hydrogen-bond acceptors (Lipinski definition) is 4. The van der Waals surface area contributed by atoms with Crippen LogP contribution in [0, 0.1) is 0 Å². The summed E-state index contributed by atoms with van der Waals surface area (Å²) in [5, 5.41) is 5.08. The highest BCUT2D eigenvalue weighted by molar-refractivity contribution is 6.08. The minimum absolute atomic E-state index is 0.609. The van der Waals surface area contributed by atoms with Gasteiger partial charge in [0.2, 0.25) is 5.96 Å². The third-order valence-corrected chi connectivity index (χ3v) is 3.36. The molecule has 5 heteroatoms. The molecule has 22 heavy (non-hydrogen) atoms. The highest BCUT2D eigenvalue weighted by atomic mass is 15.2. The van der Waals surface area contributed by atoms with E-state index in [0.717, 1.165) is 27.8 Å². The average Bonchev–Trinajstić information content (AvgIpc) is 2.82. The van der Waals surface area contributed by atoms with Crippen molar-refractivity contribution >= 4 is 34.7 Å². The minimum atomic E-state index is 0.609. The normalized spacial score (nSPS) is 13.8. The molecule has 1 aromatic heterocycles. The molecular formula is C17H13N5. The van der Waals surface area contributed by atoms with E-state index >= 15 is 0 Å². The third kappa shape index (κ3) is 2.40. The quantitative estimate of drug-likeness (QED) is 0.746. The maximum atomic E-state index is 4.73. The molecule has 0 unspecified atom stereocenters. The lowest BCUT2D eigenvalue weighted by atomic mass is 10.3. The lowest BCUT2D eigenvalue weighted by Gasteiger charge is -2.04. The number of rotatable bonds is 2. The maximum Gasteiger partial charge on any atom is 0.231 e. The van der Waals surface area contributed by atoms with Crippen LogP contribution in [0.3, 0.4) is 0 Å². The molecule has 0 fully saturated rings. The fraction of sp³-hybridized carbons (Fsp3) is 0. The van der Waals surface area contributed by atoms with Crippen LogP contribution in [0.25, 0.3) is 10.9 Å². The first-order valence-corrected chi connectivity index (χ1v) is 6.98. The van der Waals surface area contributed by atoms with Crippen LogP contribution in [0.1, 0.15) is 0 Å². The molecule has 3 aromatic rings. The summed E-state index contributed by atoms with van der Waals surface area (Å²) in [4.78, 5) is 16.1. The molecule has 2 heterocycles. The number of fused-ring (bicyclic) bond motifs is 1. The molecule has 0 aliphatic carbocycles. The van der Waals surface area contributed by atoms with Crippen molar-refractivity contribution in [2.24, 2.45) is 15.0 Å². The van der Waals surface area contributed by atoms with Gasteiger partial charge in [-0.05, 0) is 30.3 Å². The molecule has 4 rings (SSSR count). The average molecular weight is 287 g/mol. The molecule has 0 saturated carbocycles. The molecule has 2 aromatic carbocycles. The van der Waals surface area contributed by atoms with Crippen molar-refractivity contribution in [3.8, 4) is 0 Å². The number of nitrogens with one attached hydrogen (secondary N) is 2. The highest BCUT2D eigenvalue weighted by Gasteiger charge is 2.06. The van der Waals surface area contributed by atoms with Crippen LogP contribution in [0.4, 0.5) is 11.5 Å². The van der Waals surface area contributed by atoms with E-state index in [-0.39, 0.29) is 0 Å². The van der Waals surface area contributed by atoms with Gasteiger partial charge in [0, 0.05) is 10.9 Å². The van der Waals surface area contributed by atoms with E-state index in [0.29, 0.717) is 5.96 Å². The van der Waals surface area contributed by atoms with Crippen molar-refractivity contribution in [1.82, 2.24) is 4.98 Å². The molecule has 0 spiro atoms. The zero-order chi connectivity index (χ0) is 14.8. The Hall–Kier alpha value is -3.21. The first-order valence-electron chi connectivity index (χ1n) is 6.98. The van der Waals surface area contributed by atoms with Crippen LogP contribution in [0.15, 0.2) is 75.6 Å². The highest BCUT2D eigenvalue weighted by Crippen LogP contribution is 2.16. The standard InChI is InChI=1S/C17H13N5/c1-2-6-12(7-3-1)20-14-8-4-5-9-15-13(14)10-16(21-15)22-17-18-11-19-17/h1-11,21H,(H,18,19,22). The van der Waals surface area contributed by atoms with E-state index in [1.165, 1.54) is 6.34 Å². The lowest BCUT2D eigenvalue weighted by Crippen LogP contribution is -2.14. The smallest absolute Gasteiger partial charge is 0.231 e. The molecule has 106 valence electrons. The monoisotopic (exact) mass is 287 g/mol. The molecule has 0 amide bonds. The van der Waals surface area contributed by atoms with Gasteiger partial charge in [0.1, 0.15) is 12.2 Å². The number of benzene rings is 1. The van der Waals surface area contributed by atoms with Gasteiger partial charge in [-0.25, -0.2) is 15.0 Å². The van der Waals surface area contributed by atoms with E-state index in [1.54, 1.807) is 0 Å². The lowest BCUT2D eigenvalue weighted by molar-refractivity contribution is 1.38. The Morgan fingerprint density at radius 3 is 2.50 bits per heavy atom. The van der Waals surface area contributed by atoms with Gasteiger partial charge in [-0.1, -0.05) is 30.3 Å². The van der Waals surface area contributed by atoms with Crippen molar-refractivity contribution in [3.05, 3.63) is 66.0 Å². The predicted octanol–water partition coefficient (Wildman–Crippen LogP) is 3.21. The molecule has 0 radical (unpaired) electrons. The van der Waals surface area contributed by atoms with Gasteiger partial charge in [-0.15, -0.1) is 0 Å². The molecule has 0 bridgehead atoms. The second-order valence-electron chi connectivity index (χ2n) is 4.88. The SMILES string of the molecule is C1=NC(Nc2cc3c(=Nc4ccccc4)ccccc3[nH]2)=N1. The number of anilines is 1. The Kier molecular flexibility index (Phi) is 3.01. The van der Waals surface area contributed by atoms with Gasteiger partial charge in [0.05, 0.1) is 11.0 Å². The summed E-state index contributed by atoms with van der Waals surface area (Å²) in [5.74, 6) is 1.46. The first kappa shape index (κ1) is 12.5. The molecule has 0 saturated heterocycles. The number of guanidine groups is 1. The maximum absolute atomic E-state index is 4.73. The molecule has 0 atom stereocenters. The Balaban J connectivity index is 1.85. The summed E-state index contributed by atoms with van der Waals surface area (Å²) in [6.45, 7) is 0. The van der Waals surface area contributed by atoms with Crippen molar-refractivity contribution in [2.75, 3.05) is 5.32 Å². The van der Waals surface area contributed by atoms with Crippen LogP contribution in [0.2, 0.25) is 0 Å². The molecule has 1 aliphatic heterocycles. The van der Waals surface area contributed by atoms with Gasteiger partial charge < -0.3 is 10.3 Å². The summed E-state index contributed by atoms with van der Waals surface area (Å²) < 4.78 is 0. The Morgan fingerprint density at radius 2 is 1.73 bits per heavy atom. The van der Waals surface area contributed by atoms with E-state index in [1.807, 2.05) is 60.7 Å². The predicted molar refractivity (Wildman–Crippen MR) is 89.5 cm³/mol. The molecule has 1 aliphatic rings. The Morgan fingerprint density at radius 1 is 0.955 bits per heavy atom. The van der Waals surface area contributed by atoms with Crippen LogP contribution in [-0.2, 0) is 0 Å². The summed E-state index contributed by atoms with van der Waals surface area (Å²) in [5.41, 5.74) is 1.93.